The van der Waals surface area contributed by atoms with Gasteiger partial charge in [0.1, 0.15) is 5.76 Å². The van der Waals surface area contributed by atoms with E-state index >= 15 is 0 Å². The van der Waals surface area contributed by atoms with Crippen molar-refractivity contribution in [1.29, 1.82) is 0 Å². The van der Waals surface area contributed by atoms with Gasteiger partial charge in [-0.15, -0.1) is 0 Å². The molecule has 114 valence electrons. The lowest BCUT2D eigenvalue weighted by molar-refractivity contribution is 0.00909. The quantitative estimate of drug-likeness (QED) is 0.871. The first kappa shape index (κ1) is 16.6. The minimum absolute atomic E-state index is 0.0312. The van der Waals surface area contributed by atoms with Gasteiger partial charge < -0.3 is 19.4 Å². The summed E-state index contributed by atoms with van der Waals surface area (Å²) in [6.45, 7) is 7.92. The summed E-state index contributed by atoms with van der Waals surface area (Å²) in [7, 11) is 3.44. The molecule has 0 bridgehead atoms. The Hall–Kier alpha value is -1.49. The van der Waals surface area contributed by atoms with E-state index in [1.54, 1.807) is 25.3 Å². The van der Waals surface area contributed by atoms with E-state index in [9.17, 15) is 4.79 Å². The molecular weight excluding hydrogens is 256 g/mol. The molecule has 0 radical (unpaired) electrons. The second-order valence-electron chi connectivity index (χ2n) is 5.82. The van der Waals surface area contributed by atoms with Gasteiger partial charge in [-0.2, -0.15) is 0 Å². The van der Waals surface area contributed by atoms with Crippen molar-refractivity contribution in [2.24, 2.45) is 0 Å². The molecule has 0 aliphatic rings. The van der Waals surface area contributed by atoms with Gasteiger partial charge in [0.25, 0.3) is 0 Å². The second-order valence-corrected chi connectivity index (χ2v) is 5.82. The summed E-state index contributed by atoms with van der Waals surface area (Å²) in [4.78, 5) is 13.8. The molecule has 1 heterocycles. The third kappa shape index (κ3) is 4.56. The lowest BCUT2D eigenvalue weighted by atomic mass is 10.00. The number of rotatable bonds is 6. The maximum atomic E-state index is 12.2. The van der Waals surface area contributed by atoms with Crippen LogP contribution in [-0.2, 0) is 4.74 Å². The van der Waals surface area contributed by atoms with Crippen LogP contribution < -0.4 is 5.32 Å². The van der Waals surface area contributed by atoms with Crippen molar-refractivity contribution in [2.45, 2.75) is 51.8 Å². The summed E-state index contributed by atoms with van der Waals surface area (Å²) in [5.74, 6) is 0.771. The third-order valence-corrected chi connectivity index (χ3v) is 3.58. The Bertz CT molecular complexity index is 415. The van der Waals surface area contributed by atoms with Crippen molar-refractivity contribution in [3.05, 3.63) is 24.2 Å². The van der Waals surface area contributed by atoms with Crippen LogP contribution in [0, 0.1) is 0 Å². The van der Waals surface area contributed by atoms with Crippen LogP contribution in [0.15, 0.2) is 22.8 Å². The number of carbonyl (C=O) groups excluding carboxylic acids is 1. The molecule has 2 unspecified atom stereocenters. The number of hydrogen-bond donors (Lipinski definition) is 1. The van der Waals surface area contributed by atoms with Crippen molar-refractivity contribution in [1.82, 2.24) is 10.2 Å². The third-order valence-electron chi connectivity index (χ3n) is 3.58. The van der Waals surface area contributed by atoms with Crippen molar-refractivity contribution in [3.63, 3.8) is 0 Å². The average Bonchev–Trinajstić information content (AvgIpc) is 2.89. The zero-order chi connectivity index (χ0) is 15.3. The predicted octanol–water partition coefficient (Wildman–Crippen LogP) is 3.19. The molecule has 0 aliphatic carbocycles. The highest BCUT2D eigenvalue weighted by molar-refractivity contribution is 5.74. The predicted molar refractivity (Wildman–Crippen MR) is 78.6 cm³/mol. The molecule has 1 N–H and O–H groups in total. The molecule has 2 atom stereocenters. The van der Waals surface area contributed by atoms with Gasteiger partial charge >= 0.3 is 6.03 Å². The Morgan fingerprint density at radius 1 is 1.50 bits per heavy atom. The standard InChI is InChI=1S/C15H26N2O3/c1-11(10-15(3,4)19-6)16-14(18)17(5)12(2)13-8-7-9-20-13/h7-9,11-12H,10H2,1-6H3,(H,16,18). The van der Waals surface area contributed by atoms with E-state index in [2.05, 4.69) is 5.32 Å². The van der Waals surface area contributed by atoms with E-state index in [0.29, 0.717) is 0 Å². The van der Waals surface area contributed by atoms with Crippen molar-refractivity contribution >= 4 is 6.03 Å². The van der Waals surface area contributed by atoms with Gasteiger partial charge in [0.2, 0.25) is 0 Å². The molecule has 2 amide bonds. The minimum Gasteiger partial charge on any atom is -0.467 e. The Morgan fingerprint density at radius 2 is 2.15 bits per heavy atom. The summed E-state index contributed by atoms with van der Waals surface area (Å²) in [5, 5.41) is 2.98. The molecule has 0 fully saturated rings. The Kier molecular flexibility index (Phi) is 5.62. The monoisotopic (exact) mass is 282 g/mol. The number of ether oxygens (including phenoxy) is 1. The molecule has 1 rings (SSSR count). The van der Waals surface area contributed by atoms with E-state index in [-0.39, 0.29) is 23.7 Å². The largest absolute Gasteiger partial charge is 0.467 e. The van der Waals surface area contributed by atoms with Crippen LogP contribution in [0.25, 0.3) is 0 Å². The van der Waals surface area contributed by atoms with Gasteiger partial charge in [-0.3, -0.25) is 0 Å². The van der Waals surface area contributed by atoms with Crippen LogP contribution in [0.1, 0.15) is 45.9 Å². The van der Waals surface area contributed by atoms with Crippen LogP contribution >= 0.6 is 0 Å². The molecule has 20 heavy (non-hydrogen) atoms. The van der Waals surface area contributed by atoms with Gasteiger partial charge in [0.15, 0.2) is 0 Å². The number of urea groups is 1. The fourth-order valence-electron chi connectivity index (χ4n) is 2.08. The van der Waals surface area contributed by atoms with Crippen LogP contribution in [0.2, 0.25) is 0 Å². The highest BCUT2D eigenvalue weighted by Gasteiger charge is 2.24. The number of nitrogens with zero attached hydrogens (tertiary/aromatic N) is 1. The lowest BCUT2D eigenvalue weighted by Crippen LogP contribution is -2.45. The average molecular weight is 282 g/mol. The topological polar surface area (TPSA) is 54.7 Å². The van der Waals surface area contributed by atoms with Crippen LogP contribution in [0.5, 0.6) is 0 Å². The molecule has 0 spiro atoms. The van der Waals surface area contributed by atoms with Gasteiger partial charge in [-0.25, -0.2) is 4.79 Å². The first-order valence-electron chi connectivity index (χ1n) is 6.88. The molecular formula is C15H26N2O3. The number of hydrogen-bond acceptors (Lipinski definition) is 3. The van der Waals surface area contributed by atoms with Gasteiger partial charge in [0, 0.05) is 20.2 Å². The van der Waals surface area contributed by atoms with E-state index in [4.69, 9.17) is 9.15 Å². The highest BCUT2D eigenvalue weighted by Crippen LogP contribution is 2.20. The van der Waals surface area contributed by atoms with Crippen LogP contribution in [0.4, 0.5) is 4.79 Å². The van der Waals surface area contributed by atoms with Crippen molar-refractivity contribution < 1.29 is 13.9 Å². The molecule has 0 aromatic carbocycles. The van der Waals surface area contributed by atoms with Crippen LogP contribution in [0.3, 0.4) is 0 Å². The normalized spacial score (nSPS) is 14.7. The summed E-state index contributed by atoms with van der Waals surface area (Å²) in [6, 6.07) is 3.50. The summed E-state index contributed by atoms with van der Waals surface area (Å²) >= 11 is 0. The number of carbonyl (C=O) groups is 1. The first-order valence-corrected chi connectivity index (χ1v) is 6.88. The smallest absolute Gasteiger partial charge is 0.317 e. The van der Waals surface area contributed by atoms with E-state index in [0.717, 1.165) is 12.2 Å². The Morgan fingerprint density at radius 3 is 2.65 bits per heavy atom. The molecule has 0 saturated carbocycles. The van der Waals surface area contributed by atoms with E-state index < -0.39 is 0 Å². The van der Waals surface area contributed by atoms with Crippen molar-refractivity contribution in [3.8, 4) is 0 Å². The number of amides is 2. The summed E-state index contributed by atoms with van der Waals surface area (Å²) in [5.41, 5.74) is -0.252. The molecule has 1 aromatic heterocycles. The minimum atomic E-state index is -0.252. The van der Waals surface area contributed by atoms with Gasteiger partial charge in [-0.1, -0.05) is 0 Å². The van der Waals surface area contributed by atoms with E-state index in [1.807, 2.05) is 39.8 Å². The maximum absolute atomic E-state index is 12.2. The second kappa shape index (κ2) is 6.79. The molecule has 0 aliphatic heterocycles. The van der Waals surface area contributed by atoms with Gasteiger partial charge in [0.05, 0.1) is 17.9 Å². The fourth-order valence-corrected chi connectivity index (χ4v) is 2.08. The molecule has 0 saturated heterocycles. The van der Waals surface area contributed by atoms with Crippen molar-refractivity contribution in [2.75, 3.05) is 14.2 Å². The Balaban J connectivity index is 2.53. The SMILES string of the molecule is COC(C)(C)CC(C)NC(=O)N(C)C(C)c1ccco1. The zero-order valence-corrected chi connectivity index (χ0v) is 13.3. The maximum Gasteiger partial charge on any atom is 0.317 e. The zero-order valence-electron chi connectivity index (χ0n) is 13.3. The van der Waals surface area contributed by atoms with Crippen LogP contribution in [-0.4, -0.2) is 36.7 Å². The number of methoxy groups -OCH3 is 1. The number of furan rings is 1. The molecule has 5 heteroatoms. The summed E-state index contributed by atoms with van der Waals surface area (Å²) < 4.78 is 10.7. The first-order chi connectivity index (χ1) is 9.26. The lowest BCUT2D eigenvalue weighted by Gasteiger charge is -2.30. The fraction of sp³-hybridized carbons (Fsp3) is 0.667. The number of nitrogens with one attached hydrogen (secondary N) is 1. The highest BCUT2D eigenvalue weighted by atomic mass is 16.5. The molecule has 1 aromatic rings. The van der Waals surface area contributed by atoms with E-state index in [1.165, 1.54) is 0 Å². The molecule has 5 nitrogen and oxygen atoms in total. The van der Waals surface area contributed by atoms with Gasteiger partial charge in [-0.05, 0) is 46.2 Å². The summed E-state index contributed by atoms with van der Waals surface area (Å²) in [6.07, 6.45) is 2.36. The Labute approximate surface area is 121 Å².